The van der Waals surface area contributed by atoms with Gasteiger partial charge in [0.25, 0.3) is 0 Å². The van der Waals surface area contributed by atoms with Crippen LogP contribution in [0, 0.1) is 5.92 Å². The molecule has 0 radical (unpaired) electrons. The lowest BCUT2D eigenvalue weighted by atomic mass is 9.84. The number of aliphatic hydroxyl groups excluding tert-OH is 1. The van der Waals surface area contributed by atoms with Crippen LogP contribution in [0.3, 0.4) is 0 Å². The molecule has 2 aromatic rings. The van der Waals surface area contributed by atoms with Crippen molar-refractivity contribution in [3.63, 3.8) is 0 Å². The number of fused-ring (bicyclic) bond motifs is 1. The molecule has 1 aromatic carbocycles. The highest BCUT2D eigenvalue weighted by Crippen LogP contribution is 2.27. The number of alkyl carbamates (subject to hydrolysis) is 1. The van der Waals surface area contributed by atoms with Crippen molar-refractivity contribution in [1.82, 2.24) is 15.6 Å². The molecule has 0 aliphatic heterocycles. The van der Waals surface area contributed by atoms with E-state index in [-0.39, 0.29) is 11.8 Å². The van der Waals surface area contributed by atoms with Gasteiger partial charge < -0.3 is 24.9 Å². The van der Waals surface area contributed by atoms with Crippen molar-refractivity contribution in [2.45, 2.75) is 89.9 Å². The Morgan fingerprint density at radius 2 is 1.94 bits per heavy atom. The van der Waals surface area contributed by atoms with Crippen LogP contribution in [0.5, 0.6) is 0 Å². The van der Waals surface area contributed by atoms with Gasteiger partial charge in [-0.15, -0.1) is 0 Å². The predicted molar refractivity (Wildman–Crippen MR) is 126 cm³/mol. The number of oxazole rings is 1. The Labute approximate surface area is 195 Å². The number of nitrogens with one attached hydrogen (secondary N) is 2. The van der Waals surface area contributed by atoms with Gasteiger partial charge in [0, 0.05) is 6.54 Å². The first-order valence-electron chi connectivity index (χ1n) is 12.0. The number of hydrogen-bond acceptors (Lipinski definition) is 6. The molecule has 2 amide bonds. The molecule has 1 aliphatic rings. The third kappa shape index (κ3) is 8.03. The zero-order valence-electron chi connectivity index (χ0n) is 19.9. The van der Waals surface area contributed by atoms with E-state index in [4.69, 9.17) is 9.15 Å². The third-order valence-electron chi connectivity index (χ3n) is 5.85. The minimum atomic E-state index is -0.841. The second kappa shape index (κ2) is 11.5. The van der Waals surface area contributed by atoms with Crippen LogP contribution in [0.1, 0.15) is 84.1 Å². The van der Waals surface area contributed by atoms with E-state index in [2.05, 4.69) is 15.6 Å². The van der Waals surface area contributed by atoms with E-state index >= 15 is 0 Å². The summed E-state index contributed by atoms with van der Waals surface area (Å²) in [6, 6.07) is 6.73. The maximum atomic E-state index is 12.9. The Morgan fingerprint density at radius 1 is 1.21 bits per heavy atom. The average Bonchev–Trinajstić information content (AvgIpc) is 3.20. The lowest BCUT2D eigenvalue weighted by molar-refractivity contribution is -0.123. The van der Waals surface area contributed by atoms with Gasteiger partial charge in [-0.25, -0.2) is 9.78 Å². The third-order valence-corrected chi connectivity index (χ3v) is 5.85. The number of ether oxygens (including phenoxy) is 1. The summed E-state index contributed by atoms with van der Waals surface area (Å²) in [6.07, 6.45) is 5.86. The number of carbonyl (C=O) groups excluding carboxylic acids is 2. The molecule has 1 unspecified atom stereocenters. The number of aromatic nitrogens is 1. The number of benzene rings is 1. The zero-order chi connectivity index (χ0) is 23.8. The SMILES string of the molecule is CC(C)(C)OC(=O)NC(CC1CCCCC1)C(=O)NCCC[C@H](O)c1nc2ccccc2o1. The molecule has 1 fully saturated rings. The van der Waals surface area contributed by atoms with Crippen LogP contribution in [-0.2, 0) is 9.53 Å². The molecule has 182 valence electrons. The summed E-state index contributed by atoms with van der Waals surface area (Å²) in [6.45, 7) is 5.77. The van der Waals surface area contributed by atoms with Crippen LogP contribution in [0.25, 0.3) is 11.1 Å². The lowest BCUT2D eigenvalue weighted by Crippen LogP contribution is -2.49. The summed E-state index contributed by atoms with van der Waals surface area (Å²) < 4.78 is 11.0. The molecule has 2 atom stereocenters. The number of nitrogens with zero attached hydrogens (tertiary/aromatic N) is 1. The van der Waals surface area contributed by atoms with Gasteiger partial charge >= 0.3 is 6.09 Å². The van der Waals surface area contributed by atoms with Crippen molar-refractivity contribution in [1.29, 1.82) is 0 Å². The van der Waals surface area contributed by atoms with Crippen molar-refractivity contribution >= 4 is 23.1 Å². The summed E-state index contributed by atoms with van der Waals surface area (Å²) >= 11 is 0. The number of rotatable bonds is 9. The van der Waals surface area contributed by atoms with Gasteiger partial charge in [-0.2, -0.15) is 0 Å². The minimum Gasteiger partial charge on any atom is -0.444 e. The Morgan fingerprint density at radius 3 is 2.64 bits per heavy atom. The molecule has 33 heavy (non-hydrogen) atoms. The van der Waals surface area contributed by atoms with Crippen molar-refractivity contribution in [2.75, 3.05) is 6.54 Å². The summed E-state index contributed by atoms with van der Waals surface area (Å²) in [5.41, 5.74) is 0.716. The van der Waals surface area contributed by atoms with Gasteiger partial charge in [0.2, 0.25) is 11.8 Å². The molecule has 3 N–H and O–H groups in total. The molecule has 8 nitrogen and oxygen atoms in total. The molecule has 1 heterocycles. The highest BCUT2D eigenvalue weighted by Gasteiger charge is 2.28. The van der Waals surface area contributed by atoms with Crippen molar-refractivity contribution in [2.24, 2.45) is 5.92 Å². The molecule has 1 saturated carbocycles. The monoisotopic (exact) mass is 459 g/mol. The van der Waals surface area contributed by atoms with E-state index in [1.807, 2.05) is 24.3 Å². The topological polar surface area (TPSA) is 114 Å². The highest BCUT2D eigenvalue weighted by molar-refractivity contribution is 5.85. The summed E-state index contributed by atoms with van der Waals surface area (Å²) in [5, 5.41) is 16.1. The van der Waals surface area contributed by atoms with Crippen LogP contribution >= 0.6 is 0 Å². The van der Waals surface area contributed by atoms with E-state index < -0.39 is 23.8 Å². The fourth-order valence-corrected chi connectivity index (χ4v) is 4.22. The second-order valence-corrected chi connectivity index (χ2v) is 9.91. The standard InChI is InChI=1S/C25H37N3O5/c1-25(2,3)33-24(31)28-19(16-17-10-5-4-6-11-17)22(30)26-15-9-13-20(29)23-27-18-12-7-8-14-21(18)32-23/h7-8,12,14,17,19-20,29H,4-6,9-11,13,15-16H2,1-3H3,(H,26,30)(H,28,31)/t19?,20-/m0/s1. The highest BCUT2D eigenvalue weighted by atomic mass is 16.6. The molecule has 1 aliphatic carbocycles. The van der Waals surface area contributed by atoms with E-state index in [1.165, 1.54) is 19.3 Å². The first-order chi connectivity index (χ1) is 15.7. The normalized spacial score (nSPS) is 16.8. The van der Waals surface area contributed by atoms with E-state index in [0.29, 0.717) is 42.8 Å². The number of hydrogen-bond donors (Lipinski definition) is 3. The number of aliphatic hydroxyl groups is 1. The van der Waals surface area contributed by atoms with Crippen LogP contribution < -0.4 is 10.6 Å². The molecule has 8 heteroatoms. The largest absolute Gasteiger partial charge is 0.444 e. The average molecular weight is 460 g/mol. The van der Waals surface area contributed by atoms with E-state index in [9.17, 15) is 14.7 Å². The van der Waals surface area contributed by atoms with E-state index in [1.54, 1.807) is 20.8 Å². The molecule has 3 rings (SSSR count). The minimum absolute atomic E-state index is 0.220. The number of amides is 2. The summed E-state index contributed by atoms with van der Waals surface area (Å²) in [5.74, 6) is 0.484. The Bertz CT molecular complexity index is 881. The van der Waals surface area contributed by atoms with Gasteiger partial charge in [-0.3, -0.25) is 4.79 Å². The first kappa shape index (κ1) is 25.0. The van der Waals surface area contributed by atoms with Crippen LogP contribution in [-0.4, -0.2) is 40.3 Å². The van der Waals surface area contributed by atoms with Crippen molar-refractivity contribution in [3.05, 3.63) is 30.2 Å². The smallest absolute Gasteiger partial charge is 0.408 e. The van der Waals surface area contributed by atoms with Gasteiger partial charge in [-0.05, 0) is 58.1 Å². The lowest BCUT2D eigenvalue weighted by Gasteiger charge is -2.28. The molecule has 0 saturated heterocycles. The first-order valence-corrected chi connectivity index (χ1v) is 12.0. The summed E-state index contributed by atoms with van der Waals surface area (Å²) in [7, 11) is 0. The molecule has 0 bridgehead atoms. The molecular formula is C25H37N3O5. The second-order valence-electron chi connectivity index (χ2n) is 9.91. The maximum absolute atomic E-state index is 12.9. The van der Waals surface area contributed by atoms with Gasteiger partial charge in [0.15, 0.2) is 5.58 Å². The number of carbonyl (C=O) groups is 2. The molecule has 1 aromatic heterocycles. The van der Waals surface area contributed by atoms with E-state index in [0.717, 1.165) is 12.8 Å². The van der Waals surface area contributed by atoms with Crippen LogP contribution in [0.4, 0.5) is 4.79 Å². The van der Waals surface area contributed by atoms with Gasteiger partial charge in [0.05, 0.1) is 0 Å². The Balaban J connectivity index is 1.49. The fourth-order valence-electron chi connectivity index (χ4n) is 4.22. The van der Waals surface area contributed by atoms with Gasteiger partial charge in [-0.1, -0.05) is 44.2 Å². The maximum Gasteiger partial charge on any atom is 0.408 e. The number of para-hydroxylation sites is 2. The Kier molecular flexibility index (Phi) is 8.72. The van der Waals surface area contributed by atoms with Crippen LogP contribution in [0.2, 0.25) is 0 Å². The van der Waals surface area contributed by atoms with Crippen molar-refractivity contribution < 1.29 is 23.8 Å². The fraction of sp³-hybridized carbons (Fsp3) is 0.640. The van der Waals surface area contributed by atoms with Crippen molar-refractivity contribution in [3.8, 4) is 0 Å². The Hall–Kier alpha value is -2.61. The summed E-state index contributed by atoms with van der Waals surface area (Å²) in [4.78, 5) is 29.5. The van der Waals surface area contributed by atoms with Crippen LogP contribution in [0.15, 0.2) is 28.7 Å². The van der Waals surface area contributed by atoms with Gasteiger partial charge in [0.1, 0.15) is 23.3 Å². The zero-order valence-corrected chi connectivity index (χ0v) is 19.9. The molecule has 0 spiro atoms. The predicted octanol–water partition coefficient (Wildman–Crippen LogP) is 4.62. The quantitative estimate of drug-likeness (QED) is 0.472. The molecular weight excluding hydrogens is 422 g/mol.